The fraction of sp³-hybridized carbons (Fsp3) is 1.00. The monoisotopic (exact) mass is 186 g/mol. The van der Waals surface area contributed by atoms with Crippen molar-refractivity contribution >= 4 is 0 Å². The molecule has 0 unspecified atom stereocenters. The Morgan fingerprint density at radius 3 is 2.62 bits per heavy atom. The van der Waals surface area contributed by atoms with Gasteiger partial charge < -0.3 is 4.90 Å². The van der Waals surface area contributed by atoms with Crippen LogP contribution >= 0.6 is 0 Å². The molecule has 1 saturated carbocycles. The maximum atomic E-state index is 5.52. The molecule has 0 amide bonds. The van der Waals surface area contributed by atoms with E-state index in [0.29, 0.717) is 6.10 Å². The zero-order valence-corrected chi connectivity index (χ0v) is 8.88. The number of nitrogens with one attached hydrogen (secondary N) is 1. The lowest BCUT2D eigenvalue weighted by molar-refractivity contribution is -0.0212. The highest BCUT2D eigenvalue weighted by molar-refractivity contribution is 4.65. The topological polar surface area (TPSA) is 24.5 Å². The fourth-order valence-electron chi connectivity index (χ4n) is 1.65. The van der Waals surface area contributed by atoms with Crippen LogP contribution in [-0.2, 0) is 4.84 Å². The summed E-state index contributed by atoms with van der Waals surface area (Å²) in [6.07, 6.45) is 6.79. The Hall–Kier alpha value is -0.120. The lowest BCUT2D eigenvalue weighted by atomic mass is 10.3. The first kappa shape index (κ1) is 11.0. The van der Waals surface area contributed by atoms with Crippen LogP contribution in [0, 0.1) is 0 Å². The average Bonchev–Trinajstić information content (AvgIpc) is 2.55. The molecule has 0 spiro atoms. The van der Waals surface area contributed by atoms with Crippen LogP contribution in [-0.4, -0.2) is 38.2 Å². The predicted molar refractivity (Wildman–Crippen MR) is 54.5 cm³/mol. The third-order valence-corrected chi connectivity index (χ3v) is 2.44. The minimum atomic E-state index is 0.486. The minimum Gasteiger partial charge on any atom is -0.309 e. The van der Waals surface area contributed by atoms with E-state index in [1.54, 1.807) is 0 Å². The van der Waals surface area contributed by atoms with E-state index < -0.39 is 0 Å². The normalized spacial score (nSPS) is 18.7. The van der Waals surface area contributed by atoms with Crippen LogP contribution in [0.3, 0.4) is 0 Å². The molecular weight excluding hydrogens is 164 g/mol. The zero-order chi connectivity index (χ0) is 9.52. The van der Waals surface area contributed by atoms with Crippen LogP contribution in [0.25, 0.3) is 0 Å². The summed E-state index contributed by atoms with van der Waals surface area (Å²) in [5, 5.41) is 0. The molecule has 3 heteroatoms. The van der Waals surface area contributed by atoms with E-state index in [0.717, 1.165) is 19.5 Å². The third kappa shape index (κ3) is 5.24. The van der Waals surface area contributed by atoms with Gasteiger partial charge in [-0.1, -0.05) is 12.8 Å². The van der Waals surface area contributed by atoms with Crippen LogP contribution in [0.2, 0.25) is 0 Å². The van der Waals surface area contributed by atoms with Crippen molar-refractivity contribution in [2.45, 2.75) is 38.2 Å². The second-order valence-corrected chi connectivity index (χ2v) is 4.08. The summed E-state index contributed by atoms with van der Waals surface area (Å²) in [5.41, 5.74) is 3.06. The molecule has 78 valence electrons. The maximum Gasteiger partial charge on any atom is 0.0790 e. The van der Waals surface area contributed by atoms with Gasteiger partial charge in [0.2, 0.25) is 0 Å². The van der Waals surface area contributed by atoms with Gasteiger partial charge in [0.05, 0.1) is 6.10 Å². The van der Waals surface area contributed by atoms with E-state index >= 15 is 0 Å². The molecule has 0 atom stereocenters. The van der Waals surface area contributed by atoms with E-state index in [1.807, 2.05) is 0 Å². The van der Waals surface area contributed by atoms with Gasteiger partial charge >= 0.3 is 0 Å². The summed E-state index contributed by atoms with van der Waals surface area (Å²) >= 11 is 0. The van der Waals surface area contributed by atoms with Gasteiger partial charge in [-0.15, -0.1) is 0 Å². The maximum absolute atomic E-state index is 5.52. The second kappa shape index (κ2) is 6.35. The molecule has 1 aliphatic carbocycles. The number of hydrogen-bond donors (Lipinski definition) is 1. The molecule has 0 bridgehead atoms. The molecule has 1 rings (SSSR count). The predicted octanol–water partition coefficient (Wildman–Crippen LogP) is 1.40. The Morgan fingerprint density at radius 1 is 1.31 bits per heavy atom. The Bertz CT molecular complexity index is 122. The van der Waals surface area contributed by atoms with E-state index in [1.165, 1.54) is 25.7 Å². The van der Waals surface area contributed by atoms with Crippen molar-refractivity contribution in [2.24, 2.45) is 0 Å². The smallest absolute Gasteiger partial charge is 0.0790 e. The summed E-state index contributed by atoms with van der Waals surface area (Å²) in [6, 6.07) is 0. The van der Waals surface area contributed by atoms with Gasteiger partial charge in [0.15, 0.2) is 0 Å². The van der Waals surface area contributed by atoms with Crippen molar-refractivity contribution < 1.29 is 4.84 Å². The largest absolute Gasteiger partial charge is 0.309 e. The van der Waals surface area contributed by atoms with E-state index in [9.17, 15) is 0 Å². The first-order chi connectivity index (χ1) is 6.29. The first-order valence-corrected chi connectivity index (χ1v) is 5.32. The highest BCUT2D eigenvalue weighted by Crippen LogP contribution is 2.19. The Morgan fingerprint density at radius 2 is 2.00 bits per heavy atom. The SMILES string of the molecule is CN(C)CCCNOC1CCCC1. The van der Waals surface area contributed by atoms with Gasteiger partial charge in [-0.3, -0.25) is 4.84 Å². The Balaban J connectivity index is 1.83. The highest BCUT2D eigenvalue weighted by Gasteiger charge is 2.14. The van der Waals surface area contributed by atoms with Crippen molar-refractivity contribution in [3.05, 3.63) is 0 Å². The molecule has 0 radical (unpaired) electrons. The lowest BCUT2D eigenvalue weighted by Crippen LogP contribution is -2.25. The molecule has 1 fully saturated rings. The molecule has 1 N–H and O–H groups in total. The van der Waals surface area contributed by atoms with Crippen molar-refractivity contribution in [1.29, 1.82) is 0 Å². The number of hydrogen-bond acceptors (Lipinski definition) is 3. The average molecular weight is 186 g/mol. The van der Waals surface area contributed by atoms with E-state index in [2.05, 4.69) is 24.5 Å². The van der Waals surface area contributed by atoms with Crippen LogP contribution < -0.4 is 5.48 Å². The Labute approximate surface area is 81.4 Å². The molecule has 3 nitrogen and oxygen atoms in total. The quantitative estimate of drug-likeness (QED) is 0.501. The molecule has 0 aromatic rings. The number of hydroxylamine groups is 1. The van der Waals surface area contributed by atoms with Crippen molar-refractivity contribution in [3.63, 3.8) is 0 Å². The van der Waals surface area contributed by atoms with E-state index in [-0.39, 0.29) is 0 Å². The summed E-state index contributed by atoms with van der Waals surface area (Å²) in [4.78, 5) is 7.71. The second-order valence-electron chi connectivity index (χ2n) is 4.08. The summed E-state index contributed by atoms with van der Waals surface area (Å²) in [7, 11) is 4.19. The molecule has 0 aliphatic heterocycles. The summed E-state index contributed by atoms with van der Waals surface area (Å²) < 4.78 is 0. The third-order valence-electron chi connectivity index (χ3n) is 2.44. The highest BCUT2D eigenvalue weighted by atomic mass is 16.7. The van der Waals surface area contributed by atoms with Gasteiger partial charge in [-0.05, 0) is 39.9 Å². The molecular formula is C10H22N2O. The van der Waals surface area contributed by atoms with Gasteiger partial charge in [0.25, 0.3) is 0 Å². The van der Waals surface area contributed by atoms with E-state index in [4.69, 9.17) is 4.84 Å². The first-order valence-electron chi connectivity index (χ1n) is 5.32. The van der Waals surface area contributed by atoms with Crippen LogP contribution in [0.4, 0.5) is 0 Å². The zero-order valence-electron chi connectivity index (χ0n) is 8.88. The molecule has 13 heavy (non-hydrogen) atoms. The van der Waals surface area contributed by atoms with Gasteiger partial charge in [-0.2, -0.15) is 0 Å². The molecule has 0 aromatic carbocycles. The standard InChI is InChI=1S/C10H22N2O/c1-12(2)9-5-8-11-13-10-6-3-4-7-10/h10-11H,3-9H2,1-2H3. The molecule has 0 aromatic heterocycles. The van der Waals surface area contributed by atoms with Crippen molar-refractivity contribution in [1.82, 2.24) is 10.4 Å². The van der Waals surface area contributed by atoms with Gasteiger partial charge in [0.1, 0.15) is 0 Å². The van der Waals surface area contributed by atoms with Crippen molar-refractivity contribution in [3.8, 4) is 0 Å². The molecule has 0 saturated heterocycles. The minimum absolute atomic E-state index is 0.486. The number of nitrogens with zero attached hydrogens (tertiary/aromatic N) is 1. The number of rotatable bonds is 6. The Kier molecular flexibility index (Phi) is 5.35. The fourth-order valence-corrected chi connectivity index (χ4v) is 1.65. The lowest BCUT2D eigenvalue weighted by Gasteiger charge is -2.13. The van der Waals surface area contributed by atoms with Crippen LogP contribution in [0.1, 0.15) is 32.1 Å². The molecule has 0 heterocycles. The summed E-state index contributed by atoms with van der Waals surface area (Å²) in [5.74, 6) is 0. The van der Waals surface area contributed by atoms with Gasteiger partial charge in [-0.25, -0.2) is 5.48 Å². The van der Waals surface area contributed by atoms with Crippen LogP contribution in [0.15, 0.2) is 0 Å². The van der Waals surface area contributed by atoms with Crippen LogP contribution in [0.5, 0.6) is 0 Å². The van der Waals surface area contributed by atoms with Crippen molar-refractivity contribution in [2.75, 3.05) is 27.2 Å². The van der Waals surface area contributed by atoms with Gasteiger partial charge in [0, 0.05) is 6.54 Å². The summed E-state index contributed by atoms with van der Waals surface area (Å²) in [6.45, 7) is 2.09. The molecule has 1 aliphatic rings.